The topological polar surface area (TPSA) is 33.1 Å². The first-order valence-electron chi connectivity index (χ1n) is 3.97. The minimum atomic E-state index is -1.92. The second kappa shape index (κ2) is 6.57. The van der Waals surface area contributed by atoms with Crippen molar-refractivity contribution in [2.75, 3.05) is 0 Å². The van der Waals surface area contributed by atoms with Crippen molar-refractivity contribution in [2.45, 2.75) is 0 Å². The molecule has 0 bridgehead atoms. The molecule has 0 aliphatic heterocycles. The number of hydrogen-bond acceptors (Lipinski definition) is 2. The second-order valence-corrected chi connectivity index (χ2v) is 10.3. The van der Waals surface area contributed by atoms with Crippen LogP contribution in [0.5, 0.6) is 5.75 Å². The molecule has 6 heteroatoms. The Kier molecular flexibility index (Phi) is 5.73. The molecule has 0 amide bonds. The zero-order valence-electron chi connectivity index (χ0n) is 7.49. The molecule has 1 heterocycles. The molecule has 0 atom stereocenters. The molecular formula is C9H7Cl3NOTi. The number of pyridine rings is 1. The molecule has 79 valence electrons. The van der Waals surface area contributed by atoms with Crippen LogP contribution in [0.1, 0.15) is 0 Å². The molecule has 15 heavy (non-hydrogen) atoms. The normalized spacial score (nSPS) is 9.27. The Balaban J connectivity index is 0.000000245. The van der Waals surface area contributed by atoms with Crippen molar-refractivity contribution in [2.24, 2.45) is 0 Å². The summed E-state index contributed by atoms with van der Waals surface area (Å²) in [6.45, 7) is 0. The molecule has 0 aliphatic rings. The molecule has 0 aliphatic carbocycles. The van der Waals surface area contributed by atoms with E-state index in [1.807, 2.05) is 18.2 Å². The van der Waals surface area contributed by atoms with E-state index in [0.29, 0.717) is 5.52 Å². The zero-order chi connectivity index (χ0) is 11.3. The van der Waals surface area contributed by atoms with Crippen LogP contribution >= 0.6 is 27.9 Å². The number of halogens is 3. The van der Waals surface area contributed by atoms with Crippen molar-refractivity contribution < 1.29 is 19.8 Å². The molecule has 2 rings (SSSR count). The summed E-state index contributed by atoms with van der Waals surface area (Å²) < 4.78 is 0. The minimum absolute atomic E-state index is 0.239. The summed E-state index contributed by atoms with van der Waals surface area (Å²) in [4.78, 5) is 4.03. The number of fused-ring (bicyclic) bond motifs is 1. The summed E-state index contributed by atoms with van der Waals surface area (Å²) in [6, 6.07) is 9.13. The van der Waals surface area contributed by atoms with Crippen LogP contribution in [0.3, 0.4) is 0 Å². The van der Waals surface area contributed by atoms with E-state index in [9.17, 15) is 5.11 Å². The Morgan fingerprint density at radius 1 is 1.07 bits per heavy atom. The molecular weight excluding hydrogens is 292 g/mol. The molecule has 0 unspecified atom stereocenters. The number of nitrogens with zero attached hydrogens (tertiary/aromatic N) is 1. The summed E-state index contributed by atoms with van der Waals surface area (Å²) in [5.41, 5.74) is 0.662. The molecule has 0 fully saturated rings. The van der Waals surface area contributed by atoms with Gasteiger partial charge in [-0.05, 0) is 12.1 Å². The van der Waals surface area contributed by atoms with Gasteiger partial charge >= 0.3 is 42.6 Å². The van der Waals surface area contributed by atoms with Gasteiger partial charge in [0, 0.05) is 11.6 Å². The van der Waals surface area contributed by atoms with Crippen LogP contribution in [0, 0.1) is 0 Å². The molecule has 1 aromatic carbocycles. The molecule has 2 nitrogen and oxygen atoms in total. The summed E-state index contributed by atoms with van der Waals surface area (Å²) in [5, 5.41) is 10.3. The van der Waals surface area contributed by atoms with Gasteiger partial charge in [0.15, 0.2) is 0 Å². The van der Waals surface area contributed by atoms with Crippen molar-refractivity contribution in [3.8, 4) is 5.75 Å². The van der Waals surface area contributed by atoms with Gasteiger partial charge in [-0.3, -0.25) is 4.98 Å². The number of aromatic hydroxyl groups is 1. The van der Waals surface area contributed by atoms with Crippen LogP contribution in [0.15, 0.2) is 36.5 Å². The molecule has 1 aromatic heterocycles. The molecule has 0 radical (unpaired) electrons. The number of benzene rings is 1. The Morgan fingerprint density at radius 3 is 2.27 bits per heavy atom. The van der Waals surface area contributed by atoms with Gasteiger partial charge in [-0.1, -0.05) is 18.2 Å². The number of aromatic nitrogens is 1. The maximum absolute atomic E-state index is 9.31. The third kappa shape index (κ3) is 4.58. The van der Waals surface area contributed by atoms with Crippen molar-refractivity contribution in [1.82, 2.24) is 4.98 Å². The van der Waals surface area contributed by atoms with Crippen LogP contribution in [0.2, 0.25) is 0 Å². The predicted molar refractivity (Wildman–Crippen MR) is 61.0 cm³/mol. The Hall–Kier alpha value is 0.0143. The van der Waals surface area contributed by atoms with Crippen LogP contribution in [-0.2, 0) is 14.7 Å². The van der Waals surface area contributed by atoms with E-state index >= 15 is 0 Å². The van der Waals surface area contributed by atoms with E-state index in [2.05, 4.69) is 4.98 Å². The van der Waals surface area contributed by atoms with Gasteiger partial charge < -0.3 is 5.11 Å². The predicted octanol–water partition coefficient (Wildman–Crippen LogP) is 4.01. The second-order valence-electron chi connectivity index (χ2n) is 2.57. The van der Waals surface area contributed by atoms with Crippen molar-refractivity contribution in [3.63, 3.8) is 0 Å². The average molecular weight is 299 g/mol. The Labute approximate surface area is 105 Å². The zero-order valence-corrected chi connectivity index (χ0v) is 11.3. The van der Waals surface area contributed by atoms with E-state index in [1.54, 1.807) is 18.3 Å². The van der Waals surface area contributed by atoms with Crippen LogP contribution in [-0.4, -0.2) is 10.1 Å². The van der Waals surface area contributed by atoms with E-state index in [0.717, 1.165) is 5.39 Å². The third-order valence-electron chi connectivity index (χ3n) is 1.61. The molecule has 1 N–H and O–H groups in total. The summed E-state index contributed by atoms with van der Waals surface area (Å²) in [5.74, 6) is 0.239. The fourth-order valence-corrected chi connectivity index (χ4v) is 1.09. The molecule has 0 saturated heterocycles. The van der Waals surface area contributed by atoms with Gasteiger partial charge in [-0.2, -0.15) is 0 Å². The van der Waals surface area contributed by atoms with E-state index in [4.69, 9.17) is 27.9 Å². The fourth-order valence-electron chi connectivity index (χ4n) is 1.09. The van der Waals surface area contributed by atoms with Gasteiger partial charge in [0.25, 0.3) is 0 Å². The number of phenolic OH excluding ortho intramolecular Hbond substituents is 1. The molecule has 0 spiro atoms. The van der Waals surface area contributed by atoms with E-state index in [1.165, 1.54) is 0 Å². The number of phenols is 1. The third-order valence-corrected chi connectivity index (χ3v) is 1.61. The summed E-state index contributed by atoms with van der Waals surface area (Å²) >= 11 is -1.92. The van der Waals surface area contributed by atoms with Crippen molar-refractivity contribution in [3.05, 3.63) is 36.5 Å². The van der Waals surface area contributed by atoms with Crippen LogP contribution in [0.4, 0.5) is 0 Å². The van der Waals surface area contributed by atoms with E-state index < -0.39 is 14.7 Å². The number of rotatable bonds is 0. The Bertz CT molecular complexity index is 430. The summed E-state index contributed by atoms with van der Waals surface area (Å²) in [7, 11) is 14.9. The van der Waals surface area contributed by atoms with E-state index in [-0.39, 0.29) is 5.75 Å². The SMILES string of the molecule is Oc1cccc2cccnc12.[Cl][Ti]([Cl])[Cl]. The summed E-state index contributed by atoms with van der Waals surface area (Å²) in [6.07, 6.45) is 1.67. The number of hydrogen-bond donors (Lipinski definition) is 1. The van der Waals surface area contributed by atoms with Crippen molar-refractivity contribution >= 4 is 38.8 Å². The van der Waals surface area contributed by atoms with Crippen molar-refractivity contribution in [1.29, 1.82) is 0 Å². The number of para-hydroxylation sites is 1. The molecule has 0 saturated carbocycles. The van der Waals surface area contributed by atoms with Gasteiger partial charge in [0.05, 0.1) is 0 Å². The Morgan fingerprint density at radius 2 is 1.67 bits per heavy atom. The maximum atomic E-state index is 9.31. The monoisotopic (exact) mass is 298 g/mol. The van der Waals surface area contributed by atoms with Crippen LogP contribution in [0.25, 0.3) is 10.9 Å². The van der Waals surface area contributed by atoms with Gasteiger partial charge in [-0.25, -0.2) is 0 Å². The molecule has 2 aromatic rings. The first-order valence-corrected chi connectivity index (χ1v) is 10.4. The quantitative estimate of drug-likeness (QED) is 0.746. The van der Waals surface area contributed by atoms with Crippen LogP contribution < -0.4 is 0 Å². The fraction of sp³-hybridized carbons (Fsp3) is 0. The van der Waals surface area contributed by atoms with Gasteiger partial charge in [-0.15, -0.1) is 0 Å². The first kappa shape index (κ1) is 13.1. The van der Waals surface area contributed by atoms with Gasteiger partial charge in [0.2, 0.25) is 0 Å². The first-order chi connectivity index (χ1) is 7.11. The van der Waals surface area contributed by atoms with Gasteiger partial charge in [0.1, 0.15) is 11.3 Å². The standard InChI is InChI=1S/C9H7NO.3ClH.Ti/c11-8-5-1-3-7-4-2-6-10-9(7)8;;;;/h1-6,11H;3*1H;/q;;;;+3/p-3. The average Bonchev–Trinajstić information content (AvgIpc) is 2.18.